The zero-order valence-corrected chi connectivity index (χ0v) is 16.2. The van der Waals surface area contributed by atoms with E-state index in [0.717, 1.165) is 5.56 Å². The molecular formula is C20H20N2O5S. The normalized spacial score (nSPS) is 11.2. The maximum absolute atomic E-state index is 12.5. The molecule has 0 aliphatic carbocycles. The Morgan fingerprint density at radius 2 is 1.93 bits per heavy atom. The minimum absolute atomic E-state index is 0.0368. The van der Waals surface area contributed by atoms with Gasteiger partial charge in [-0.25, -0.2) is 13.1 Å². The van der Waals surface area contributed by atoms with Gasteiger partial charge in [-0.05, 0) is 55.0 Å². The lowest BCUT2D eigenvalue weighted by atomic mass is 10.1. The Morgan fingerprint density at radius 3 is 2.64 bits per heavy atom. The maximum atomic E-state index is 12.5. The van der Waals surface area contributed by atoms with E-state index in [2.05, 4.69) is 10.0 Å². The van der Waals surface area contributed by atoms with Gasteiger partial charge in [0.2, 0.25) is 10.0 Å². The molecule has 2 N–H and O–H groups in total. The molecule has 1 heterocycles. The number of hydrogen-bond donors (Lipinski definition) is 2. The molecule has 0 spiro atoms. The number of carbonyl (C=O) groups is 1. The minimum Gasteiger partial charge on any atom is -0.496 e. The van der Waals surface area contributed by atoms with Crippen LogP contribution in [0.3, 0.4) is 0 Å². The van der Waals surface area contributed by atoms with Crippen molar-refractivity contribution in [3.8, 4) is 5.75 Å². The molecule has 146 valence electrons. The number of hydrogen-bond acceptors (Lipinski definition) is 5. The average Bonchev–Trinajstić information content (AvgIpc) is 3.21. The van der Waals surface area contributed by atoms with Crippen LogP contribution in [0, 0.1) is 6.92 Å². The van der Waals surface area contributed by atoms with Crippen molar-refractivity contribution in [1.82, 2.24) is 4.72 Å². The third kappa shape index (κ3) is 4.59. The Balaban J connectivity index is 1.74. The molecule has 1 amide bonds. The summed E-state index contributed by atoms with van der Waals surface area (Å²) in [6.07, 6.45) is 1.47. The molecule has 0 bridgehead atoms. The molecule has 3 aromatic rings. The predicted octanol–water partition coefficient (Wildman–Crippen LogP) is 3.33. The molecule has 0 unspecified atom stereocenters. The SMILES string of the molecule is COc1cc(C(=O)Nc2cccc(S(=O)(=O)NCc3ccco3)c2)ccc1C. The van der Waals surface area contributed by atoms with Crippen LogP contribution in [0.4, 0.5) is 5.69 Å². The summed E-state index contributed by atoms with van der Waals surface area (Å²) in [4.78, 5) is 12.5. The van der Waals surface area contributed by atoms with Crippen molar-refractivity contribution < 1.29 is 22.4 Å². The highest BCUT2D eigenvalue weighted by molar-refractivity contribution is 7.89. The summed E-state index contributed by atoms with van der Waals surface area (Å²) < 4.78 is 37.8. The molecule has 1 aromatic heterocycles. The van der Waals surface area contributed by atoms with Gasteiger partial charge < -0.3 is 14.5 Å². The van der Waals surface area contributed by atoms with Crippen molar-refractivity contribution >= 4 is 21.6 Å². The molecule has 3 rings (SSSR count). The summed E-state index contributed by atoms with van der Waals surface area (Å²) in [6, 6.07) is 14.5. The number of furan rings is 1. The lowest BCUT2D eigenvalue weighted by Crippen LogP contribution is -2.23. The first kappa shape index (κ1) is 19.7. The van der Waals surface area contributed by atoms with Gasteiger partial charge in [0.15, 0.2) is 0 Å². The fraction of sp³-hybridized carbons (Fsp3) is 0.150. The van der Waals surface area contributed by atoms with Crippen LogP contribution in [0.5, 0.6) is 5.75 Å². The first-order valence-corrected chi connectivity index (χ1v) is 9.95. The van der Waals surface area contributed by atoms with Gasteiger partial charge in [-0.1, -0.05) is 12.1 Å². The number of methoxy groups -OCH3 is 1. The molecule has 2 aromatic carbocycles. The second kappa shape index (κ2) is 8.28. The number of ether oxygens (including phenoxy) is 1. The van der Waals surface area contributed by atoms with E-state index in [0.29, 0.717) is 22.8 Å². The quantitative estimate of drug-likeness (QED) is 0.634. The number of nitrogens with one attached hydrogen (secondary N) is 2. The van der Waals surface area contributed by atoms with Crippen LogP contribution in [0.25, 0.3) is 0 Å². The van der Waals surface area contributed by atoms with Gasteiger partial charge in [-0.2, -0.15) is 0 Å². The Morgan fingerprint density at radius 1 is 1.11 bits per heavy atom. The van der Waals surface area contributed by atoms with E-state index >= 15 is 0 Å². The molecule has 0 fully saturated rings. The summed E-state index contributed by atoms with van der Waals surface area (Å²) >= 11 is 0. The number of carbonyl (C=O) groups excluding carboxylic acids is 1. The summed E-state index contributed by atoms with van der Waals surface area (Å²) in [5.41, 5.74) is 1.69. The van der Waals surface area contributed by atoms with Gasteiger partial charge in [0.25, 0.3) is 5.91 Å². The summed E-state index contributed by atoms with van der Waals surface area (Å²) in [7, 11) is -2.22. The third-order valence-corrected chi connectivity index (χ3v) is 5.49. The molecule has 0 atom stereocenters. The zero-order chi connectivity index (χ0) is 20.1. The Hall–Kier alpha value is -3.10. The molecule has 0 saturated heterocycles. The molecule has 0 aliphatic heterocycles. The summed E-state index contributed by atoms with van der Waals surface area (Å²) in [6.45, 7) is 1.92. The van der Waals surface area contributed by atoms with Gasteiger partial charge in [0.05, 0.1) is 24.8 Å². The van der Waals surface area contributed by atoms with Crippen LogP contribution in [-0.4, -0.2) is 21.4 Å². The first-order valence-electron chi connectivity index (χ1n) is 8.47. The van der Waals surface area contributed by atoms with Gasteiger partial charge in [0.1, 0.15) is 11.5 Å². The smallest absolute Gasteiger partial charge is 0.255 e. The highest BCUT2D eigenvalue weighted by Gasteiger charge is 2.16. The third-order valence-electron chi connectivity index (χ3n) is 4.09. The van der Waals surface area contributed by atoms with Crippen molar-refractivity contribution in [2.45, 2.75) is 18.4 Å². The van der Waals surface area contributed by atoms with E-state index in [-0.39, 0.29) is 17.3 Å². The van der Waals surface area contributed by atoms with Crippen LogP contribution in [-0.2, 0) is 16.6 Å². The van der Waals surface area contributed by atoms with E-state index in [1.54, 1.807) is 42.5 Å². The Labute approximate surface area is 163 Å². The van der Waals surface area contributed by atoms with Gasteiger partial charge in [0, 0.05) is 11.3 Å². The second-order valence-corrected chi connectivity index (χ2v) is 7.84. The van der Waals surface area contributed by atoms with Crippen molar-refractivity contribution in [2.24, 2.45) is 0 Å². The van der Waals surface area contributed by atoms with E-state index in [4.69, 9.17) is 9.15 Å². The second-order valence-electron chi connectivity index (χ2n) is 6.07. The lowest BCUT2D eigenvalue weighted by molar-refractivity contribution is 0.102. The zero-order valence-electron chi connectivity index (χ0n) is 15.4. The van der Waals surface area contributed by atoms with Crippen LogP contribution in [0.15, 0.2) is 70.2 Å². The van der Waals surface area contributed by atoms with E-state index in [1.807, 2.05) is 6.92 Å². The first-order chi connectivity index (χ1) is 13.4. The predicted molar refractivity (Wildman–Crippen MR) is 105 cm³/mol. The van der Waals surface area contributed by atoms with Crippen molar-refractivity contribution in [2.75, 3.05) is 12.4 Å². The van der Waals surface area contributed by atoms with Crippen LogP contribution in [0.1, 0.15) is 21.7 Å². The van der Waals surface area contributed by atoms with E-state index < -0.39 is 10.0 Å². The number of benzene rings is 2. The fourth-order valence-electron chi connectivity index (χ4n) is 2.57. The van der Waals surface area contributed by atoms with Gasteiger partial charge in [-0.3, -0.25) is 4.79 Å². The fourth-order valence-corrected chi connectivity index (χ4v) is 3.61. The monoisotopic (exact) mass is 400 g/mol. The topological polar surface area (TPSA) is 97.6 Å². The number of rotatable bonds is 7. The number of anilines is 1. The van der Waals surface area contributed by atoms with E-state index in [1.165, 1.54) is 25.5 Å². The summed E-state index contributed by atoms with van der Waals surface area (Å²) in [5.74, 6) is 0.740. The van der Waals surface area contributed by atoms with Crippen LogP contribution >= 0.6 is 0 Å². The highest BCUT2D eigenvalue weighted by atomic mass is 32.2. The van der Waals surface area contributed by atoms with Crippen molar-refractivity contribution in [3.05, 3.63) is 77.7 Å². The van der Waals surface area contributed by atoms with Gasteiger partial charge >= 0.3 is 0 Å². The molecule has 0 aliphatic rings. The van der Waals surface area contributed by atoms with Crippen LogP contribution < -0.4 is 14.8 Å². The number of amides is 1. The van der Waals surface area contributed by atoms with Crippen LogP contribution in [0.2, 0.25) is 0 Å². The average molecular weight is 400 g/mol. The number of sulfonamides is 1. The lowest BCUT2D eigenvalue weighted by Gasteiger charge is -2.10. The van der Waals surface area contributed by atoms with Crippen molar-refractivity contribution in [3.63, 3.8) is 0 Å². The molecule has 8 heteroatoms. The highest BCUT2D eigenvalue weighted by Crippen LogP contribution is 2.21. The standard InChI is InChI=1S/C20H20N2O5S/c1-14-8-9-15(11-19(14)26-2)20(23)22-16-5-3-7-18(12-16)28(24,25)21-13-17-6-4-10-27-17/h3-12,21H,13H2,1-2H3,(H,22,23). The van der Waals surface area contributed by atoms with E-state index in [9.17, 15) is 13.2 Å². The molecular weight excluding hydrogens is 380 g/mol. The molecule has 0 saturated carbocycles. The van der Waals surface area contributed by atoms with Crippen molar-refractivity contribution in [1.29, 1.82) is 0 Å². The Kier molecular flexibility index (Phi) is 5.81. The molecule has 7 nitrogen and oxygen atoms in total. The molecule has 0 radical (unpaired) electrons. The number of aryl methyl sites for hydroxylation is 1. The largest absolute Gasteiger partial charge is 0.496 e. The minimum atomic E-state index is -3.76. The Bertz CT molecular complexity index is 1080. The van der Waals surface area contributed by atoms with Gasteiger partial charge in [-0.15, -0.1) is 0 Å². The maximum Gasteiger partial charge on any atom is 0.255 e. The summed E-state index contributed by atoms with van der Waals surface area (Å²) in [5, 5.41) is 2.71. The molecule has 28 heavy (non-hydrogen) atoms.